The first-order valence-electron chi connectivity index (χ1n) is 12.5. The summed E-state index contributed by atoms with van der Waals surface area (Å²) in [6, 6.07) is 6.31. The molecule has 0 fully saturated rings. The zero-order valence-electron chi connectivity index (χ0n) is 23.3. The summed E-state index contributed by atoms with van der Waals surface area (Å²) in [6.07, 6.45) is 3.04. The van der Waals surface area contributed by atoms with Crippen molar-refractivity contribution in [2.45, 2.75) is 32.7 Å². The second kappa shape index (κ2) is 11.5. The van der Waals surface area contributed by atoms with E-state index in [-0.39, 0.29) is 57.1 Å². The molecule has 0 radical (unpaired) electrons. The van der Waals surface area contributed by atoms with E-state index in [0.717, 1.165) is 11.6 Å². The van der Waals surface area contributed by atoms with Gasteiger partial charge in [0.2, 0.25) is 5.88 Å². The normalized spacial score (nSPS) is 11.7. The Morgan fingerprint density at radius 2 is 1.95 bits per heavy atom. The van der Waals surface area contributed by atoms with Gasteiger partial charge in [-0.05, 0) is 42.2 Å². The van der Waals surface area contributed by atoms with Gasteiger partial charge in [-0.2, -0.15) is 15.3 Å². The summed E-state index contributed by atoms with van der Waals surface area (Å²) in [4.78, 5) is 34.1. The summed E-state index contributed by atoms with van der Waals surface area (Å²) in [5.41, 5.74) is 1.11. The van der Waals surface area contributed by atoms with Gasteiger partial charge in [0.05, 0.1) is 37.7 Å². The molecule has 13 heteroatoms. The quantitative estimate of drug-likeness (QED) is 0.309. The summed E-state index contributed by atoms with van der Waals surface area (Å²) in [6.45, 7) is 5.47. The minimum Gasteiger partial charge on any atom is -0.479 e. The molecule has 0 bridgehead atoms. The maximum absolute atomic E-state index is 14.9. The van der Waals surface area contributed by atoms with Crippen molar-refractivity contribution in [3.05, 3.63) is 86.5 Å². The number of nitrogens with zero attached hydrogens (tertiary/aromatic N) is 6. The fourth-order valence-electron chi connectivity index (χ4n) is 4.63. The number of anilines is 1. The van der Waals surface area contributed by atoms with E-state index in [1.807, 2.05) is 13.8 Å². The van der Waals surface area contributed by atoms with E-state index in [2.05, 4.69) is 20.4 Å². The predicted molar refractivity (Wildman–Crippen MR) is 146 cm³/mol. The lowest BCUT2D eigenvalue weighted by Gasteiger charge is -2.24. The van der Waals surface area contributed by atoms with Crippen LogP contribution in [0.3, 0.4) is 0 Å². The van der Waals surface area contributed by atoms with Crippen LogP contribution in [0.25, 0.3) is 5.69 Å². The van der Waals surface area contributed by atoms with Gasteiger partial charge in [0.25, 0.3) is 5.56 Å². The molecule has 12 nitrogen and oxygen atoms in total. The zero-order valence-corrected chi connectivity index (χ0v) is 23.3. The van der Waals surface area contributed by atoms with Crippen molar-refractivity contribution in [3.8, 4) is 23.6 Å². The lowest BCUT2D eigenvalue weighted by molar-refractivity contribution is 0.0688. The largest absolute Gasteiger partial charge is 0.479 e. The van der Waals surface area contributed by atoms with Crippen LogP contribution in [0.1, 0.15) is 64.2 Å². The minimum absolute atomic E-state index is 0.0328. The molecule has 212 valence electrons. The second-order valence-corrected chi connectivity index (χ2v) is 9.55. The number of hydrogen-bond donors (Lipinski definition) is 2. The van der Waals surface area contributed by atoms with E-state index in [0.29, 0.717) is 5.69 Å². The summed E-state index contributed by atoms with van der Waals surface area (Å²) < 4.78 is 28.2. The van der Waals surface area contributed by atoms with Gasteiger partial charge in [-0.1, -0.05) is 19.9 Å². The zero-order chi connectivity index (χ0) is 30.0. The highest BCUT2D eigenvalue weighted by molar-refractivity contribution is 5.88. The van der Waals surface area contributed by atoms with Crippen LogP contribution in [-0.2, 0) is 7.05 Å². The number of carboxylic acids is 1. The number of ether oxygens (including phenoxy) is 2. The van der Waals surface area contributed by atoms with Crippen LogP contribution in [-0.4, -0.2) is 49.6 Å². The Morgan fingerprint density at radius 1 is 1.22 bits per heavy atom. The fraction of sp³-hybridized carbons (Fsp3) is 0.286. The van der Waals surface area contributed by atoms with Crippen LogP contribution in [0, 0.1) is 24.1 Å². The molecule has 41 heavy (non-hydrogen) atoms. The molecule has 1 atom stereocenters. The molecule has 0 spiro atoms. The van der Waals surface area contributed by atoms with Gasteiger partial charge in [-0.15, -0.1) is 0 Å². The molecule has 0 aliphatic carbocycles. The third kappa shape index (κ3) is 5.44. The summed E-state index contributed by atoms with van der Waals surface area (Å²) >= 11 is 0. The highest BCUT2D eigenvalue weighted by Crippen LogP contribution is 2.38. The number of halogens is 1. The van der Waals surface area contributed by atoms with Crippen molar-refractivity contribution >= 4 is 11.7 Å². The van der Waals surface area contributed by atoms with E-state index in [4.69, 9.17) is 9.47 Å². The SMILES string of the molecule is COc1ncc(-n2nc(C(=O)O)c(C(Nc3cc(C)cn(C)c3=O)c3ccc(C#N)c(F)c3)c2C(C)C)c(OC)n1. The van der Waals surface area contributed by atoms with Crippen LogP contribution >= 0.6 is 0 Å². The van der Waals surface area contributed by atoms with Crippen LogP contribution < -0.4 is 20.3 Å². The highest BCUT2D eigenvalue weighted by atomic mass is 19.1. The van der Waals surface area contributed by atoms with Crippen molar-refractivity contribution in [2.75, 3.05) is 19.5 Å². The Morgan fingerprint density at radius 3 is 2.54 bits per heavy atom. The Hall–Kier alpha value is -5.25. The van der Waals surface area contributed by atoms with Crippen LogP contribution in [0.5, 0.6) is 11.9 Å². The number of carbonyl (C=O) groups is 1. The Balaban J connectivity index is 2.08. The Labute approximate surface area is 234 Å². The first kappa shape index (κ1) is 28.8. The second-order valence-electron chi connectivity index (χ2n) is 9.55. The number of hydrogen-bond acceptors (Lipinski definition) is 9. The highest BCUT2D eigenvalue weighted by Gasteiger charge is 2.33. The van der Waals surface area contributed by atoms with Crippen molar-refractivity contribution in [3.63, 3.8) is 0 Å². The summed E-state index contributed by atoms with van der Waals surface area (Å²) in [7, 11) is 4.37. The predicted octanol–water partition coefficient (Wildman–Crippen LogP) is 3.72. The molecular weight excluding hydrogens is 533 g/mol. The van der Waals surface area contributed by atoms with E-state index >= 15 is 0 Å². The smallest absolute Gasteiger partial charge is 0.356 e. The molecule has 4 rings (SSSR count). The average molecular weight is 562 g/mol. The van der Waals surface area contributed by atoms with Gasteiger partial charge in [-0.3, -0.25) is 4.79 Å². The average Bonchev–Trinajstić information content (AvgIpc) is 3.34. The van der Waals surface area contributed by atoms with Crippen LogP contribution in [0.2, 0.25) is 0 Å². The van der Waals surface area contributed by atoms with Crippen LogP contribution in [0.15, 0.2) is 41.5 Å². The maximum Gasteiger partial charge on any atom is 0.356 e. The fourth-order valence-corrected chi connectivity index (χ4v) is 4.63. The van der Waals surface area contributed by atoms with Crippen molar-refractivity contribution < 1.29 is 23.8 Å². The molecule has 0 aliphatic heterocycles. The lowest BCUT2D eigenvalue weighted by Crippen LogP contribution is -2.25. The number of aryl methyl sites for hydroxylation is 2. The molecule has 3 heterocycles. The molecular formula is C28H28FN7O5. The van der Waals surface area contributed by atoms with E-state index in [1.165, 1.54) is 41.8 Å². The first-order valence-corrected chi connectivity index (χ1v) is 12.5. The molecule has 0 amide bonds. The molecule has 1 aromatic carbocycles. The number of benzene rings is 1. The first-order chi connectivity index (χ1) is 19.5. The van der Waals surface area contributed by atoms with Crippen molar-refractivity contribution in [1.29, 1.82) is 5.26 Å². The van der Waals surface area contributed by atoms with Gasteiger partial charge in [0, 0.05) is 18.8 Å². The summed E-state index contributed by atoms with van der Waals surface area (Å²) in [5.74, 6) is -2.42. The Bertz CT molecular complexity index is 1740. The van der Waals surface area contributed by atoms with Crippen molar-refractivity contribution in [2.24, 2.45) is 7.05 Å². The topological polar surface area (TPSA) is 157 Å². The number of methoxy groups -OCH3 is 2. The standard InChI is InChI=1S/C28H28FN7O5/c1-14(2)24-21(23(27(38)39)34-36(24)20-12-31-28(41-6)33-25(20)40-5)22(16-7-8-17(11-30)18(29)10-16)32-19-9-15(3)13-35(4)26(19)37/h7-10,12-14,22,32H,1-6H3,(H,38,39). The van der Waals surface area contributed by atoms with Gasteiger partial charge < -0.3 is 24.5 Å². The number of pyridine rings is 1. The van der Waals surface area contributed by atoms with Crippen LogP contribution in [0.4, 0.5) is 10.1 Å². The molecule has 0 saturated heterocycles. The molecule has 3 aromatic heterocycles. The van der Waals surface area contributed by atoms with E-state index in [1.54, 1.807) is 32.3 Å². The number of nitriles is 1. The van der Waals surface area contributed by atoms with Crippen molar-refractivity contribution in [1.82, 2.24) is 24.3 Å². The van der Waals surface area contributed by atoms with Gasteiger partial charge >= 0.3 is 12.0 Å². The number of rotatable bonds is 9. The number of aromatic carboxylic acids is 1. The third-order valence-electron chi connectivity index (χ3n) is 6.38. The Kier molecular flexibility index (Phi) is 8.04. The minimum atomic E-state index is -1.35. The molecule has 4 aromatic rings. The molecule has 0 aliphatic rings. The molecule has 2 N–H and O–H groups in total. The van der Waals surface area contributed by atoms with Gasteiger partial charge in [-0.25, -0.2) is 18.9 Å². The number of aromatic nitrogens is 5. The number of nitrogens with one attached hydrogen (secondary N) is 1. The van der Waals surface area contributed by atoms with Gasteiger partial charge in [0.15, 0.2) is 5.69 Å². The molecule has 1 unspecified atom stereocenters. The van der Waals surface area contributed by atoms with Gasteiger partial charge in [0.1, 0.15) is 23.3 Å². The monoisotopic (exact) mass is 561 g/mol. The van der Waals surface area contributed by atoms with E-state index in [9.17, 15) is 24.3 Å². The van der Waals surface area contributed by atoms with E-state index < -0.39 is 17.8 Å². The molecule has 0 saturated carbocycles. The number of carboxylic acid groups (broad SMARTS) is 1. The third-order valence-corrected chi connectivity index (χ3v) is 6.38. The maximum atomic E-state index is 14.9. The summed E-state index contributed by atoms with van der Waals surface area (Å²) in [5, 5.41) is 27.1. The lowest BCUT2D eigenvalue weighted by atomic mass is 9.91.